The predicted octanol–water partition coefficient (Wildman–Crippen LogP) is 5.03. The number of nitrogens with zero attached hydrogens (tertiary/aromatic N) is 3. The molecule has 0 aliphatic heterocycles. The lowest BCUT2D eigenvalue weighted by atomic mass is 9.72. The molecule has 0 aromatic carbocycles. The molecule has 2 heterocycles. The molecule has 3 nitrogen and oxygen atoms in total. The van der Waals surface area contributed by atoms with E-state index >= 15 is 0 Å². The maximum absolute atomic E-state index is 13.4. The van der Waals surface area contributed by atoms with Gasteiger partial charge >= 0.3 is 6.18 Å². The SMILES string of the molecule is CN=C1CC(C(C)(C)C)Cc2c1nc1c(C(F)(F)F)cc(Cl)cn21. The molecule has 1 aliphatic rings. The smallest absolute Gasteiger partial charge is 0.301 e. The molecule has 2 aromatic heterocycles. The molecule has 0 amide bonds. The summed E-state index contributed by atoms with van der Waals surface area (Å²) in [5, 5.41) is 0.0443. The molecule has 0 N–H and O–H groups in total. The Labute approximate surface area is 143 Å². The third kappa shape index (κ3) is 2.81. The van der Waals surface area contributed by atoms with Gasteiger partial charge in [0.15, 0.2) is 0 Å². The fourth-order valence-electron chi connectivity index (χ4n) is 3.24. The highest BCUT2D eigenvalue weighted by atomic mass is 35.5. The van der Waals surface area contributed by atoms with Crippen molar-refractivity contribution in [3.8, 4) is 0 Å². The van der Waals surface area contributed by atoms with Gasteiger partial charge in [-0.15, -0.1) is 0 Å². The van der Waals surface area contributed by atoms with Crippen molar-refractivity contribution >= 4 is 23.0 Å². The molecule has 7 heteroatoms. The Kier molecular flexibility index (Phi) is 3.94. The Morgan fingerprint density at radius 3 is 2.46 bits per heavy atom. The van der Waals surface area contributed by atoms with Crippen LogP contribution in [0.1, 0.15) is 44.1 Å². The zero-order valence-corrected chi connectivity index (χ0v) is 14.8. The highest BCUT2D eigenvalue weighted by molar-refractivity contribution is 6.30. The molecular formula is C17H19ClF3N3. The van der Waals surface area contributed by atoms with Gasteiger partial charge in [0, 0.05) is 13.2 Å². The highest BCUT2D eigenvalue weighted by Gasteiger charge is 2.38. The van der Waals surface area contributed by atoms with Crippen molar-refractivity contribution in [2.75, 3.05) is 7.05 Å². The van der Waals surface area contributed by atoms with Gasteiger partial charge in [-0.2, -0.15) is 13.2 Å². The lowest BCUT2D eigenvalue weighted by Crippen LogP contribution is -2.31. The molecule has 130 valence electrons. The number of pyridine rings is 1. The second-order valence-electron chi connectivity index (χ2n) is 7.31. The number of aliphatic imine (C=N–C) groups is 1. The van der Waals surface area contributed by atoms with Gasteiger partial charge in [-0.05, 0) is 30.2 Å². The van der Waals surface area contributed by atoms with E-state index < -0.39 is 11.7 Å². The van der Waals surface area contributed by atoms with Gasteiger partial charge < -0.3 is 4.40 Å². The summed E-state index contributed by atoms with van der Waals surface area (Å²) >= 11 is 5.95. The van der Waals surface area contributed by atoms with E-state index in [1.807, 2.05) is 0 Å². The van der Waals surface area contributed by atoms with Crippen LogP contribution in [-0.4, -0.2) is 22.1 Å². The first-order valence-electron chi connectivity index (χ1n) is 7.76. The third-order valence-corrected chi connectivity index (χ3v) is 4.95. The molecule has 3 rings (SSSR count). The topological polar surface area (TPSA) is 29.7 Å². The number of fused-ring (bicyclic) bond motifs is 3. The van der Waals surface area contributed by atoms with E-state index in [1.165, 1.54) is 10.6 Å². The van der Waals surface area contributed by atoms with E-state index in [0.717, 1.165) is 17.5 Å². The molecule has 0 fully saturated rings. The van der Waals surface area contributed by atoms with Crippen molar-refractivity contribution < 1.29 is 13.2 Å². The maximum atomic E-state index is 13.4. The van der Waals surface area contributed by atoms with Crippen molar-refractivity contribution in [3.05, 3.63) is 34.2 Å². The van der Waals surface area contributed by atoms with E-state index in [1.54, 1.807) is 7.05 Å². The van der Waals surface area contributed by atoms with Crippen molar-refractivity contribution in [2.24, 2.45) is 16.3 Å². The Hall–Kier alpha value is -1.56. The van der Waals surface area contributed by atoms with E-state index in [4.69, 9.17) is 11.6 Å². The van der Waals surface area contributed by atoms with Gasteiger partial charge in [-0.25, -0.2) is 4.98 Å². The van der Waals surface area contributed by atoms with Gasteiger partial charge in [0.05, 0.1) is 16.4 Å². The molecule has 0 spiro atoms. The summed E-state index contributed by atoms with van der Waals surface area (Å²) in [4.78, 5) is 8.57. The molecule has 0 saturated heterocycles. The van der Waals surface area contributed by atoms with Crippen LogP contribution in [0.3, 0.4) is 0 Å². The molecule has 24 heavy (non-hydrogen) atoms. The number of halogens is 4. The number of alkyl halides is 3. The fourth-order valence-corrected chi connectivity index (χ4v) is 3.44. The number of aromatic nitrogens is 2. The van der Waals surface area contributed by atoms with E-state index in [9.17, 15) is 13.2 Å². The van der Waals surface area contributed by atoms with Crippen LogP contribution in [0.25, 0.3) is 5.65 Å². The maximum Gasteiger partial charge on any atom is 0.420 e. The van der Waals surface area contributed by atoms with E-state index in [2.05, 4.69) is 30.7 Å². The zero-order chi connectivity index (χ0) is 17.9. The Morgan fingerprint density at radius 1 is 1.25 bits per heavy atom. The van der Waals surface area contributed by atoms with Crippen LogP contribution in [0.4, 0.5) is 13.2 Å². The first-order chi connectivity index (χ1) is 11.0. The standard InChI is InChI=1S/C17H19ClF3N3/c1-16(2,3)9-5-12(22-4)14-13(6-9)24-8-10(18)7-11(15(24)23-14)17(19,20)21/h7-9H,5-6H2,1-4H3. The van der Waals surface area contributed by atoms with E-state index in [-0.39, 0.29) is 22.0 Å². The summed E-state index contributed by atoms with van der Waals surface area (Å²) < 4.78 is 41.6. The molecule has 0 saturated carbocycles. The molecule has 2 aromatic rings. The molecular weight excluding hydrogens is 339 g/mol. The fraction of sp³-hybridized carbons (Fsp3) is 0.529. The normalized spacial score (nSPS) is 20.7. The molecule has 1 unspecified atom stereocenters. The van der Waals surface area contributed by atoms with Crippen LogP contribution in [0, 0.1) is 11.3 Å². The van der Waals surface area contributed by atoms with Crippen LogP contribution in [0.15, 0.2) is 17.3 Å². The summed E-state index contributed by atoms with van der Waals surface area (Å²) in [6.07, 6.45) is -1.63. The molecule has 1 atom stereocenters. The Morgan fingerprint density at radius 2 is 1.92 bits per heavy atom. The second kappa shape index (κ2) is 5.48. The molecule has 0 bridgehead atoms. The van der Waals surface area contributed by atoms with Gasteiger partial charge in [0.1, 0.15) is 16.9 Å². The average molecular weight is 358 g/mol. The average Bonchev–Trinajstić information content (AvgIpc) is 2.82. The second-order valence-corrected chi connectivity index (χ2v) is 7.75. The minimum Gasteiger partial charge on any atom is -0.301 e. The summed E-state index contributed by atoms with van der Waals surface area (Å²) in [6.45, 7) is 6.40. The molecule has 1 aliphatic carbocycles. The van der Waals surface area contributed by atoms with Gasteiger partial charge in [-0.3, -0.25) is 4.99 Å². The quantitative estimate of drug-likeness (QED) is 0.650. The van der Waals surface area contributed by atoms with Crippen LogP contribution in [0.2, 0.25) is 5.02 Å². The third-order valence-electron chi connectivity index (χ3n) is 4.74. The Bertz CT molecular complexity index is 828. The first-order valence-corrected chi connectivity index (χ1v) is 8.14. The van der Waals surface area contributed by atoms with Crippen molar-refractivity contribution in [2.45, 2.75) is 39.8 Å². The lowest BCUT2D eigenvalue weighted by Gasteiger charge is -2.34. The summed E-state index contributed by atoms with van der Waals surface area (Å²) in [5.41, 5.74) is 1.17. The molecule has 0 radical (unpaired) electrons. The minimum absolute atomic E-state index is 0.0171. The van der Waals surface area contributed by atoms with Crippen molar-refractivity contribution in [1.29, 1.82) is 0 Å². The number of rotatable bonds is 0. The Balaban J connectivity index is 2.29. The highest BCUT2D eigenvalue weighted by Crippen LogP contribution is 2.40. The van der Waals surface area contributed by atoms with Crippen LogP contribution < -0.4 is 0 Å². The zero-order valence-electron chi connectivity index (χ0n) is 14.0. The lowest BCUT2D eigenvalue weighted by molar-refractivity contribution is -0.136. The van der Waals surface area contributed by atoms with Crippen molar-refractivity contribution in [1.82, 2.24) is 9.38 Å². The number of imidazole rings is 1. The summed E-state index contributed by atoms with van der Waals surface area (Å²) in [5.74, 6) is 0.275. The van der Waals surface area contributed by atoms with Crippen LogP contribution in [0.5, 0.6) is 0 Å². The summed E-state index contributed by atoms with van der Waals surface area (Å²) in [6, 6.07) is 0.930. The van der Waals surface area contributed by atoms with Gasteiger partial charge in [-0.1, -0.05) is 32.4 Å². The minimum atomic E-state index is -4.51. The predicted molar refractivity (Wildman–Crippen MR) is 88.9 cm³/mol. The monoisotopic (exact) mass is 357 g/mol. The van der Waals surface area contributed by atoms with Crippen LogP contribution in [-0.2, 0) is 12.6 Å². The van der Waals surface area contributed by atoms with Gasteiger partial charge in [0.2, 0.25) is 0 Å². The van der Waals surface area contributed by atoms with Crippen LogP contribution >= 0.6 is 11.6 Å². The van der Waals surface area contributed by atoms with Crippen molar-refractivity contribution in [3.63, 3.8) is 0 Å². The van der Waals surface area contributed by atoms with Gasteiger partial charge in [0.25, 0.3) is 0 Å². The van der Waals surface area contributed by atoms with E-state index in [0.29, 0.717) is 18.5 Å². The first kappa shape index (κ1) is 17.3. The number of hydrogen-bond acceptors (Lipinski definition) is 2. The summed E-state index contributed by atoms with van der Waals surface area (Å²) in [7, 11) is 1.66. The largest absolute Gasteiger partial charge is 0.420 e. The number of hydrogen-bond donors (Lipinski definition) is 0.